The lowest BCUT2D eigenvalue weighted by atomic mass is 10.2. The van der Waals surface area contributed by atoms with E-state index in [4.69, 9.17) is 4.74 Å². The van der Waals surface area contributed by atoms with Crippen molar-refractivity contribution in [3.8, 4) is 11.5 Å². The number of aromatic amines is 1. The summed E-state index contributed by atoms with van der Waals surface area (Å²) in [6, 6.07) is 9.35. The first kappa shape index (κ1) is 8.91. The average Bonchev–Trinajstić information content (AvgIpc) is 2.77. The minimum atomic E-state index is 0.713. The van der Waals surface area contributed by atoms with E-state index in [2.05, 4.69) is 21.4 Å². The van der Waals surface area contributed by atoms with Gasteiger partial charge in [-0.3, -0.25) is 10.1 Å². The first-order valence-electron chi connectivity index (χ1n) is 4.85. The molecule has 0 saturated carbocycles. The van der Waals surface area contributed by atoms with E-state index in [1.54, 1.807) is 12.4 Å². The van der Waals surface area contributed by atoms with E-state index in [0.717, 1.165) is 16.7 Å². The molecule has 0 spiro atoms. The van der Waals surface area contributed by atoms with Crippen LogP contribution in [0.25, 0.3) is 10.9 Å². The maximum atomic E-state index is 5.63. The maximum absolute atomic E-state index is 5.63. The van der Waals surface area contributed by atoms with Gasteiger partial charge in [-0.15, -0.1) is 0 Å². The van der Waals surface area contributed by atoms with E-state index in [1.165, 1.54) is 0 Å². The molecule has 2 aromatic heterocycles. The third-order valence-electron chi connectivity index (χ3n) is 2.21. The van der Waals surface area contributed by atoms with Crippen LogP contribution in [0, 0.1) is 6.20 Å². The van der Waals surface area contributed by atoms with Crippen LogP contribution >= 0.6 is 0 Å². The molecule has 3 rings (SSSR count). The number of H-pyrrole nitrogens is 1. The van der Waals surface area contributed by atoms with Gasteiger partial charge in [0, 0.05) is 17.6 Å². The summed E-state index contributed by atoms with van der Waals surface area (Å²) in [5.41, 5.74) is 0.904. The first-order chi connectivity index (χ1) is 7.92. The van der Waals surface area contributed by atoms with Gasteiger partial charge in [-0.1, -0.05) is 0 Å². The largest absolute Gasteiger partial charge is 0.456 e. The van der Waals surface area contributed by atoms with Crippen LogP contribution in [0.3, 0.4) is 0 Å². The highest BCUT2D eigenvalue weighted by atomic mass is 16.5. The van der Waals surface area contributed by atoms with Crippen LogP contribution in [0.15, 0.2) is 42.7 Å². The number of fused-ring (bicyclic) bond motifs is 1. The molecule has 1 aromatic carbocycles. The Hall–Kier alpha value is -2.36. The van der Waals surface area contributed by atoms with E-state index in [9.17, 15) is 0 Å². The number of hydrogen-bond acceptors (Lipinski definition) is 3. The number of hydrogen-bond donors (Lipinski definition) is 1. The molecule has 77 valence electrons. The second-order valence-electron chi connectivity index (χ2n) is 3.33. The van der Waals surface area contributed by atoms with Crippen LogP contribution in [0.2, 0.25) is 0 Å². The summed E-state index contributed by atoms with van der Waals surface area (Å²) in [6.07, 6.45) is 6.22. The summed E-state index contributed by atoms with van der Waals surface area (Å²) < 4.78 is 5.63. The summed E-state index contributed by atoms with van der Waals surface area (Å²) in [4.78, 5) is 3.98. The van der Waals surface area contributed by atoms with Gasteiger partial charge >= 0.3 is 0 Å². The van der Waals surface area contributed by atoms with E-state index in [-0.39, 0.29) is 0 Å². The summed E-state index contributed by atoms with van der Waals surface area (Å²) in [5, 5.41) is 7.62. The fourth-order valence-electron chi connectivity index (χ4n) is 1.47. The fraction of sp³-hybridized carbons (Fsp3) is 0. The van der Waals surface area contributed by atoms with Crippen LogP contribution in [-0.4, -0.2) is 15.2 Å². The first-order valence-corrected chi connectivity index (χ1v) is 4.85. The summed E-state index contributed by atoms with van der Waals surface area (Å²) >= 11 is 0. The smallest absolute Gasteiger partial charge is 0.145 e. The van der Waals surface area contributed by atoms with Gasteiger partial charge in [-0.2, -0.15) is 5.10 Å². The average molecular weight is 210 g/mol. The Morgan fingerprint density at radius 3 is 3.06 bits per heavy atom. The van der Waals surface area contributed by atoms with Gasteiger partial charge in [-0.05, 0) is 24.3 Å². The van der Waals surface area contributed by atoms with E-state index in [0.29, 0.717) is 5.75 Å². The number of aromatic nitrogens is 3. The van der Waals surface area contributed by atoms with Crippen LogP contribution in [0.5, 0.6) is 11.5 Å². The Morgan fingerprint density at radius 2 is 2.19 bits per heavy atom. The predicted molar refractivity (Wildman–Crippen MR) is 59.2 cm³/mol. The quantitative estimate of drug-likeness (QED) is 0.707. The summed E-state index contributed by atoms with van der Waals surface area (Å²) in [6.45, 7) is 0. The van der Waals surface area contributed by atoms with Gasteiger partial charge < -0.3 is 4.74 Å². The van der Waals surface area contributed by atoms with Crippen molar-refractivity contribution in [2.24, 2.45) is 0 Å². The summed E-state index contributed by atoms with van der Waals surface area (Å²) in [5.74, 6) is 1.46. The maximum Gasteiger partial charge on any atom is 0.145 e. The molecule has 0 fully saturated rings. The highest BCUT2D eigenvalue weighted by Crippen LogP contribution is 2.23. The molecule has 0 unspecified atom stereocenters. The Labute approximate surface area is 91.9 Å². The molecule has 1 N–H and O–H groups in total. The second-order valence-corrected chi connectivity index (χ2v) is 3.33. The van der Waals surface area contributed by atoms with Crippen molar-refractivity contribution < 1.29 is 4.74 Å². The summed E-state index contributed by atoms with van der Waals surface area (Å²) in [7, 11) is 0. The van der Waals surface area contributed by atoms with Gasteiger partial charge in [0.2, 0.25) is 0 Å². The number of nitrogens with one attached hydrogen (secondary N) is 1. The molecule has 16 heavy (non-hydrogen) atoms. The molecule has 2 heterocycles. The zero-order chi connectivity index (χ0) is 10.8. The predicted octanol–water partition coefficient (Wildman–Crippen LogP) is 2.55. The highest BCUT2D eigenvalue weighted by molar-refractivity contribution is 5.78. The van der Waals surface area contributed by atoms with Gasteiger partial charge in [0.25, 0.3) is 0 Å². The van der Waals surface area contributed by atoms with Crippen molar-refractivity contribution >= 4 is 10.9 Å². The third-order valence-corrected chi connectivity index (χ3v) is 2.21. The Morgan fingerprint density at radius 1 is 1.19 bits per heavy atom. The van der Waals surface area contributed by atoms with Gasteiger partial charge in [0.05, 0.1) is 11.7 Å². The number of rotatable bonds is 2. The van der Waals surface area contributed by atoms with Crippen LogP contribution in [0.1, 0.15) is 0 Å². The molecule has 0 saturated heterocycles. The number of pyridine rings is 1. The molecule has 0 atom stereocenters. The lowest BCUT2D eigenvalue weighted by Crippen LogP contribution is -1.84. The van der Waals surface area contributed by atoms with E-state index in [1.807, 2.05) is 30.3 Å². The molecule has 4 nitrogen and oxygen atoms in total. The number of benzene rings is 1. The van der Waals surface area contributed by atoms with Gasteiger partial charge in [0.1, 0.15) is 17.7 Å². The molecule has 4 heteroatoms. The molecule has 0 aliphatic heterocycles. The lowest BCUT2D eigenvalue weighted by molar-refractivity contribution is 0.481. The topological polar surface area (TPSA) is 50.8 Å². The van der Waals surface area contributed by atoms with Crippen molar-refractivity contribution in [3.05, 3.63) is 48.9 Å². The molecular formula is C12H8N3O. The molecule has 3 aromatic rings. The Bertz CT molecular complexity index is 604. The van der Waals surface area contributed by atoms with E-state index < -0.39 is 0 Å². The lowest BCUT2D eigenvalue weighted by Gasteiger charge is -2.04. The van der Waals surface area contributed by atoms with Crippen LogP contribution in [0.4, 0.5) is 0 Å². The molecule has 0 aliphatic rings. The van der Waals surface area contributed by atoms with Crippen LogP contribution < -0.4 is 4.74 Å². The highest BCUT2D eigenvalue weighted by Gasteiger charge is 2.00. The molecular weight excluding hydrogens is 202 g/mol. The third kappa shape index (κ3) is 1.61. The fourth-order valence-corrected chi connectivity index (χ4v) is 1.47. The van der Waals surface area contributed by atoms with Crippen molar-refractivity contribution in [1.29, 1.82) is 0 Å². The second kappa shape index (κ2) is 3.66. The normalized spacial score (nSPS) is 10.5. The van der Waals surface area contributed by atoms with E-state index >= 15 is 0 Å². The van der Waals surface area contributed by atoms with Gasteiger partial charge in [-0.25, -0.2) is 0 Å². The van der Waals surface area contributed by atoms with Crippen molar-refractivity contribution in [3.63, 3.8) is 0 Å². The van der Waals surface area contributed by atoms with Gasteiger partial charge in [0.15, 0.2) is 0 Å². The Kier molecular flexibility index (Phi) is 2.04. The molecule has 1 radical (unpaired) electrons. The number of nitrogens with zero attached hydrogens (tertiary/aromatic N) is 2. The zero-order valence-electron chi connectivity index (χ0n) is 8.34. The molecule has 0 amide bonds. The van der Waals surface area contributed by atoms with Crippen LogP contribution in [-0.2, 0) is 0 Å². The van der Waals surface area contributed by atoms with Crippen molar-refractivity contribution in [1.82, 2.24) is 15.2 Å². The van der Waals surface area contributed by atoms with Crippen molar-refractivity contribution in [2.75, 3.05) is 0 Å². The number of ether oxygens (including phenoxy) is 1. The molecule has 0 bridgehead atoms. The standard InChI is InChI=1S/C12H8N3O/c1-2-11(8-13-5-1)16-10-4-3-9-7-14-15-12(9)6-10/h1-6,8H,(H,14,15). The monoisotopic (exact) mass is 210 g/mol. The SMILES string of the molecule is [c]1n[nH]c2cc(Oc3cccnc3)ccc12. The zero-order valence-corrected chi connectivity index (χ0v) is 8.34. The van der Waals surface area contributed by atoms with Crippen molar-refractivity contribution in [2.45, 2.75) is 0 Å². The minimum absolute atomic E-state index is 0.713. The molecule has 0 aliphatic carbocycles. The minimum Gasteiger partial charge on any atom is -0.456 e. The Balaban J connectivity index is 1.94.